The lowest BCUT2D eigenvalue weighted by Gasteiger charge is -2.14. The normalized spacial score (nSPS) is 13.7. The number of methoxy groups -OCH3 is 1. The fourth-order valence-electron chi connectivity index (χ4n) is 5.75. The molecule has 0 aliphatic carbocycles. The van der Waals surface area contributed by atoms with Crippen molar-refractivity contribution < 1.29 is 24.4 Å². The molecule has 6 rings (SSSR count). The molecule has 1 unspecified atom stereocenters. The SMILES string of the molecule is CCc1ccc(C2=NC(CC(=O)NCC(=O)NCCc3csc4ccc(B(O)O)cc34)c3nnc(C)n3-c3ccc(OC)cc32)cc1. The third kappa shape index (κ3) is 6.82. The van der Waals surface area contributed by atoms with Gasteiger partial charge in [0.15, 0.2) is 5.82 Å². The highest BCUT2D eigenvalue weighted by molar-refractivity contribution is 7.17. The molecule has 1 atom stereocenters. The summed E-state index contributed by atoms with van der Waals surface area (Å²) in [6.45, 7) is 4.15. The van der Waals surface area contributed by atoms with E-state index < -0.39 is 13.2 Å². The van der Waals surface area contributed by atoms with Crippen LogP contribution >= 0.6 is 11.3 Å². The molecule has 0 bridgehead atoms. The zero-order valence-electron chi connectivity index (χ0n) is 26.4. The highest BCUT2D eigenvalue weighted by Crippen LogP contribution is 2.34. The molecule has 3 aromatic carbocycles. The van der Waals surface area contributed by atoms with E-state index in [0.29, 0.717) is 41.5 Å². The smallest absolute Gasteiger partial charge is 0.488 e. The van der Waals surface area contributed by atoms with Crippen molar-refractivity contribution >= 4 is 51.5 Å². The van der Waals surface area contributed by atoms with Crippen LogP contribution in [0.5, 0.6) is 5.75 Å². The minimum absolute atomic E-state index is 0.0347. The predicted molar refractivity (Wildman–Crippen MR) is 183 cm³/mol. The molecule has 1 aliphatic rings. The number of aromatic nitrogens is 3. The number of aliphatic imine (C=N–C) groups is 1. The summed E-state index contributed by atoms with van der Waals surface area (Å²) in [4.78, 5) is 31.0. The van der Waals surface area contributed by atoms with Gasteiger partial charge in [-0.15, -0.1) is 21.5 Å². The Balaban J connectivity index is 1.16. The number of hydrogen-bond acceptors (Lipinski definition) is 9. The molecule has 0 saturated carbocycles. The van der Waals surface area contributed by atoms with Crippen LogP contribution in [0.3, 0.4) is 0 Å². The van der Waals surface area contributed by atoms with Crippen molar-refractivity contribution in [2.45, 2.75) is 39.2 Å². The van der Waals surface area contributed by atoms with E-state index in [1.54, 1.807) is 30.6 Å². The fraction of sp³-hybridized carbons (Fsp3) is 0.265. The van der Waals surface area contributed by atoms with E-state index in [4.69, 9.17) is 9.73 Å². The van der Waals surface area contributed by atoms with Crippen LogP contribution in [0.2, 0.25) is 0 Å². The van der Waals surface area contributed by atoms with Gasteiger partial charge in [-0.05, 0) is 71.4 Å². The maximum atomic E-state index is 13.3. The van der Waals surface area contributed by atoms with E-state index in [1.165, 1.54) is 5.56 Å². The highest BCUT2D eigenvalue weighted by atomic mass is 32.1. The van der Waals surface area contributed by atoms with E-state index in [9.17, 15) is 19.6 Å². The van der Waals surface area contributed by atoms with Crippen molar-refractivity contribution in [2.24, 2.45) is 4.99 Å². The second-order valence-corrected chi connectivity index (χ2v) is 12.3. The van der Waals surface area contributed by atoms with Gasteiger partial charge in [-0.1, -0.05) is 43.3 Å². The Labute approximate surface area is 276 Å². The maximum Gasteiger partial charge on any atom is 0.488 e. The average Bonchev–Trinajstić information content (AvgIpc) is 3.64. The summed E-state index contributed by atoms with van der Waals surface area (Å²) in [5, 5.41) is 36.3. The second kappa shape index (κ2) is 13.9. The molecule has 13 heteroatoms. The molecule has 240 valence electrons. The van der Waals surface area contributed by atoms with Gasteiger partial charge in [-0.2, -0.15) is 0 Å². The van der Waals surface area contributed by atoms with Crippen molar-refractivity contribution in [2.75, 3.05) is 20.2 Å². The first-order chi connectivity index (χ1) is 22.7. The van der Waals surface area contributed by atoms with E-state index in [1.807, 2.05) is 53.3 Å². The quantitative estimate of drug-likeness (QED) is 0.161. The Morgan fingerprint density at radius 3 is 2.57 bits per heavy atom. The van der Waals surface area contributed by atoms with Crippen LogP contribution in [0.15, 0.2) is 71.0 Å². The van der Waals surface area contributed by atoms with Gasteiger partial charge in [-0.3, -0.25) is 19.1 Å². The van der Waals surface area contributed by atoms with E-state index in [2.05, 4.69) is 39.9 Å². The molecule has 47 heavy (non-hydrogen) atoms. The van der Waals surface area contributed by atoms with E-state index in [0.717, 1.165) is 38.9 Å². The lowest BCUT2D eigenvalue weighted by molar-refractivity contribution is -0.126. The Bertz CT molecular complexity index is 1970. The third-order valence-electron chi connectivity index (χ3n) is 8.29. The first kappa shape index (κ1) is 32.1. The number of carbonyl (C=O) groups excluding carboxylic acids is 2. The first-order valence-electron chi connectivity index (χ1n) is 15.4. The largest absolute Gasteiger partial charge is 0.497 e. The summed E-state index contributed by atoms with van der Waals surface area (Å²) in [5.74, 6) is 1.22. The highest BCUT2D eigenvalue weighted by Gasteiger charge is 2.30. The first-order valence-corrected chi connectivity index (χ1v) is 16.3. The van der Waals surface area contributed by atoms with Gasteiger partial charge in [0.2, 0.25) is 11.8 Å². The number of rotatable bonds is 11. The van der Waals surface area contributed by atoms with Gasteiger partial charge < -0.3 is 25.4 Å². The minimum atomic E-state index is -1.54. The number of ether oxygens (including phenoxy) is 1. The third-order valence-corrected chi connectivity index (χ3v) is 9.30. The lowest BCUT2D eigenvalue weighted by atomic mass is 9.80. The number of hydrogen-bond donors (Lipinski definition) is 4. The lowest BCUT2D eigenvalue weighted by Crippen LogP contribution is -2.38. The molecule has 11 nitrogen and oxygen atoms in total. The van der Waals surface area contributed by atoms with Crippen LogP contribution in [-0.2, 0) is 22.4 Å². The van der Waals surface area contributed by atoms with Gasteiger partial charge >= 0.3 is 7.12 Å². The van der Waals surface area contributed by atoms with E-state index >= 15 is 0 Å². The number of nitrogens with one attached hydrogen (secondary N) is 2. The maximum absolute atomic E-state index is 13.3. The molecule has 0 radical (unpaired) electrons. The number of nitrogens with zero attached hydrogens (tertiary/aromatic N) is 4. The van der Waals surface area contributed by atoms with Crippen LogP contribution in [-0.4, -0.2) is 69.7 Å². The number of carbonyl (C=O) groups is 2. The topological polar surface area (TPSA) is 151 Å². The van der Waals surface area contributed by atoms with Crippen LogP contribution in [0.4, 0.5) is 0 Å². The van der Waals surface area contributed by atoms with Crippen LogP contribution in [0.1, 0.15) is 53.3 Å². The van der Waals surface area contributed by atoms with Crippen molar-refractivity contribution in [1.29, 1.82) is 0 Å². The number of aryl methyl sites for hydroxylation is 2. The van der Waals surface area contributed by atoms with Gasteiger partial charge in [-0.25, -0.2) is 0 Å². The van der Waals surface area contributed by atoms with Crippen LogP contribution in [0.25, 0.3) is 15.8 Å². The number of thiophene rings is 1. The summed E-state index contributed by atoms with van der Waals surface area (Å²) < 4.78 is 8.50. The molecule has 1 aliphatic heterocycles. The Morgan fingerprint density at radius 2 is 1.83 bits per heavy atom. The van der Waals surface area contributed by atoms with Gasteiger partial charge in [0.1, 0.15) is 17.6 Å². The summed E-state index contributed by atoms with van der Waals surface area (Å²) in [6.07, 6.45) is 1.44. The summed E-state index contributed by atoms with van der Waals surface area (Å²) in [7, 11) is 0.0747. The van der Waals surface area contributed by atoms with E-state index in [-0.39, 0.29) is 24.8 Å². The molecular formula is C34H35BN6O5S. The molecule has 2 aromatic heterocycles. The molecule has 0 saturated heterocycles. The fourth-order valence-corrected chi connectivity index (χ4v) is 6.72. The molecule has 0 spiro atoms. The van der Waals surface area contributed by atoms with Crippen molar-refractivity contribution in [3.63, 3.8) is 0 Å². The molecule has 2 amide bonds. The molecule has 5 aromatic rings. The van der Waals surface area contributed by atoms with Gasteiger partial charge in [0.05, 0.1) is 31.5 Å². The number of fused-ring (bicyclic) bond motifs is 4. The second-order valence-electron chi connectivity index (χ2n) is 11.3. The summed E-state index contributed by atoms with van der Waals surface area (Å²) in [5.41, 5.74) is 5.91. The zero-order valence-corrected chi connectivity index (χ0v) is 27.2. The predicted octanol–water partition coefficient (Wildman–Crippen LogP) is 2.80. The van der Waals surface area contributed by atoms with Gasteiger partial charge in [0, 0.05) is 22.4 Å². The Morgan fingerprint density at radius 1 is 1.02 bits per heavy atom. The summed E-state index contributed by atoms with van der Waals surface area (Å²) >= 11 is 1.56. The number of amides is 2. The molecular weight excluding hydrogens is 615 g/mol. The van der Waals surface area contributed by atoms with Crippen LogP contribution in [0, 0.1) is 6.92 Å². The number of benzene rings is 3. The molecule has 0 fully saturated rings. The zero-order chi connectivity index (χ0) is 33.1. The average molecular weight is 651 g/mol. The van der Waals surface area contributed by atoms with Crippen molar-refractivity contribution in [1.82, 2.24) is 25.4 Å². The Kier molecular flexibility index (Phi) is 9.48. The molecule has 3 heterocycles. The standard InChI is InChI=1S/C34H35BN6O5S/c1-4-21-5-7-22(8-6-21)33-27-16-25(46-3)10-11-29(27)41-20(2)39-40-34(41)28(38-33)17-31(42)37-18-32(43)36-14-13-23-19-47-30-12-9-24(35(44)45)15-26(23)30/h5-12,15-16,19,28,44-45H,4,13-14,17-18H2,1-3H3,(H,36,43)(H,37,42). The summed E-state index contributed by atoms with van der Waals surface area (Å²) in [6, 6.07) is 18.6. The van der Waals surface area contributed by atoms with Crippen molar-refractivity contribution in [3.8, 4) is 11.4 Å². The van der Waals surface area contributed by atoms with Crippen LogP contribution < -0.4 is 20.8 Å². The minimum Gasteiger partial charge on any atom is -0.497 e. The van der Waals surface area contributed by atoms with Gasteiger partial charge in [0.25, 0.3) is 0 Å². The van der Waals surface area contributed by atoms with Crippen molar-refractivity contribution in [3.05, 3.63) is 99.9 Å². The Hall–Kier alpha value is -4.85. The molecule has 4 N–H and O–H groups in total. The monoisotopic (exact) mass is 650 g/mol.